The van der Waals surface area contributed by atoms with E-state index in [0.717, 1.165) is 0 Å². The van der Waals surface area contributed by atoms with Crippen molar-refractivity contribution in [2.75, 3.05) is 5.32 Å². The Kier molecular flexibility index (Phi) is 5.68. The second kappa shape index (κ2) is 7.92. The Morgan fingerprint density at radius 3 is 2.38 bits per heavy atom. The van der Waals surface area contributed by atoms with Crippen molar-refractivity contribution >= 4 is 23.7 Å². The van der Waals surface area contributed by atoms with Crippen molar-refractivity contribution in [2.45, 2.75) is 13.8 Å². The SMILES string of the molecule is CC(C)C(=O)Nc1ccc(C(=O)NN=Cc2ccccc2O)cc1. The number of amides is 2. The van der Waals surface area contributed by atoms with E-state index in [1.807, 2.05) is 0 Å². The van der Waals surface area contributed by atoms with Gasteiger partial charge in [-0.2, -0.15) is 5.10 Å². The quantitative estimate of drug-likeness (QED) is 0.583. The first-order valence-electron chi connectivity index (χ1n) is 7.49. The van der Waals surface area contributed by atoms with E-state index in [-0.39, 0.29) is 23.5 Å². The van der Waals surface area contributed by atoms with Crippen molar-refractivity contribution in [3.63, 3.8) is 0 Å². The number of hydrazone groups is 1. The Morgan fingerprint density at radius 2 is 1.75 bits per heavy atom. The van der Waals surface area contributed by atoms with Crippen LogP contribution in [0.25, 0.3) is 0 Å². The molecule has 0 aliphatic carbocycles. The summed E-state index contributed by atoms with van der Waals surface area (Å²) >= 11 is 0. The zero-order valence-electron chi connectivity index (χ0n) is 13.5. The van der Waals surface area contributed by atoms with Crippen LogP contribution in [0.4, 0.5) is 5.69 Å². The van der Waals surface area contributed by atoms with E-state index in [2.05, 4.69) is 15.8 Å². The van der Waals surface area contributed by atoms with Crippen LogP contribution in [0.1, 0.15) is 29.8 Å². The van der Waals surface area contributed by atoms with E-state index in [1.54, 1.807) is 56.3 Å². The van der Waals surface area contributed by atoms with Crippen LogP contribution in [0.3, 0.4) is 0 Å². The lowest BCUT2D eigenvalue weighted by atomic mass is 10.1. The van der Waals surface area contributed by atoms with Gasteiger partial charge < -0.3 is 10.4 Å². The molecule has 0 saturated heterocycles. The number of carbonyl (C=O) groups is 2. The maximum absolute atomic E-state index is 12.0. The number of anilines is 1. The maximum atomic E-state index is 12.0. The average molecular weight is 325 g/mol. The van der Waals surface area contributed by atoms with Crippen molar-refractivity contribution in [2.24, 2.45) is 11.0 Å². The largest absolute Gasteiger partial charge is 0.507 e. The monoisotopic (exact) mass is 325 g/mol. The standard InChI is InChI=1S/C18H19N3O3/c1-12(2)17(23)20-15-9-7-13(8-10-15)18(24)21-19-11-14-5-3-4-6-16(14)22/h3-12,22H,1-2H3,(H,20,23)(H,21,24). The molecule has 0 aliphatic heterocycles. The van der Waals surface area contributed by atoms with Crippen LogP contribution < -0.4 is 10.7 Å². The summed E-state index contributed by atoms with van der Waals surface area (Å²) < 4.78 is 0. The normalized spacial score (nSPS) is 10.8. The number of carbonyl (C=O) groups excluding carboxylic acids is 2. The van der Waals surface area contributed by atoms with E-state index in [9.17, 15) is 14.7 Å². The summed E-state index contributed by atoms with van der Waals surface area (Å²) in [6.07, 6.45) is 1.37. The highest BCUT2D eigenvalue weighted by molar-refractivity contribution is 5.96. The molecule has 0 saturated carbocycles. The fourth-order valence-electron chi connectivity index (χ4n) is 1.81. The summed E-state index contributed by atoms with van der Waals surface area (Å²) in [4.78, 5) is 23.6. The zero-order chi connectivity index (χ0) is 17.5. The zero-order valence-corrected chi connectivity index (χ0v) is 13.5. The number of aromatic hydroxyl groups is 1. The Bertz CT molecular complexity index is 752. The van der Waals surface area contributed by atoms with Gasteiger partial charge in [-0.15, -0.1) is 0 Å². The Labute approximate surface area is 140 Å². The molecule has 0 unspecified atom stereocenters. The van der Waals surface area contributed by atoms with Gasteiger partial charge >= 0.3 is 0 Å². The molecule has 0 radical (unpaired) electrons. The Hall–Kier alpha value is -3.15. The summed E-state index contributed by atoms with van der Waals surface area (Å²) in [5, 5.41) is 16.2. The van der Waals surface area contributed by atoms with Gasteiger partial charge in [-0.25, -0.2) is 5.43 Å². The predicted molar refractivity (Wildman–Crippen MR) is 93.1 cm³/mol. The molecule has 0 aliphatic rings. The van der Waals surface area contributed by atoms with E-state index >= 15 is 0 Å². The van der Waals surface area contributed by atoms with E-state index < -0.39 is 0 Å². The van der Waals surface area contributed by atoms with Crippen molar-refractivity contribution in [1.29, 1.82) is 0 Å². The molecule has 2 aromatic carbocycles. The highest BCUT2D eigenvalue weighted by Gasteiger charge is 2.08. The first-order valence-corrected chi connectivity index (χ1v) is 7.49. The van der Waals surface area contributed by atoms with Crippen molar-refractivity contribution in [3.8, 4) is 5.75 Å². The van der Waals surface area contributed by atoms with E-state index in [1.165, 1.54) is 12.3 Å². The highest BCUT2D eigenvalue weighted by atomic mass is 16.3. The molecule has 2 amide bonds. The molecule has 0 atom stereocenters. The minimum atomic E-state index is -0.386. The third kappa shape index (κ3) is 4.67. The summed E-state index contributed by atoms with van der Waals surface area (Å²) in [6, 6.07) is 13.2. The molecule has 0 fully saturated rings. The number of para-hydroxylation sites is 1. The van der Waals surface area contributed by atoms with E-state index in [0.29, 0.717) is 16.8 Å². The summed E-state index contributed by atoms with van der Waals surface area (Å²) in [5.74, 6) is -0.500. The lowest BCUT2D eigenvalue weighted by molar-refractivity contribution is -0.118. The second-order valence-electron chi connectivity index (χ2n) is 5.48. The maximum Gasteiger partial charge on any atom is 0.271 e. The molecule has 2 aromatic rings. The summed E-state index contributed by atoms with van der Waals surface area (Å²) in [6.45, 7) is 3.61. The molecule has 0 spiro atoms. The van der Waals surface area contributed by atoms with Gasteiger partial charge in [0.2, 0.25) is 5.91 Å². The number of hydrogen-bond donors (Lipinski definition) is 3. The third-order valence-electron chi connectivity index (χ3n) is 3.25. The Balaban J connectivity index is 1.95. The number of benzene rings is 2. The molecule has 0 heterocycles. The van der Waals surface area contributed by atoms with Gasteiger partial charge in [0.05, 0.1) is 6.21 Å². The number of phenolic OH excluding ortho intramolecular Hbond substituents is 1. The van der Waals surface area contributed by atoms with Crippen molar-refractivity contribution < 1.29 is 14.7 Å². The lowest BCUT2D eigenvalue weighted by Gasteiger charge is -2.08. The van der Waals surface area contributed by atoms with Gasteiger partial charge in [0, 0.05) is 22.7 Å². The molecule has 0 bridgehead atoms. The Morgan fingerprint density at radius 1 is 1.08 bits per heavy atom. The van der Waals surface area contributed by atoms with Crippen LogP contribution in [0.5, 0.6) is 5.75 Å². The van der Waals surface area contributed by atoms with Gasteiger partial charge in [0.1, 0.15) is 5.75 Å². The van der Waals surface area contributed by atoms with E-state index in [4.69, 9.17) is 0 Å². The summed E-state index contributed by atoms with van der Waals surface area (Å²) in [7, 11) is 0. The molecule has 0 aromatic heterocycles. The predicted octanol–water partition coefficient (Wildman–Crippen LogP) is 2.75. The first-order chi connectivity index (χ1) is 11.5. The minimum absolute atomic E-state index is 0.0838. The van der Waals surface area contributed by atoms with Crippen LogP contribution in [0.15, 0.2) is 53.6 Å². The third-order valence-corrected chi connectivity index (χ3v) is 3.25. The molecule has 3 N–H and O–H groups in total. The van der Waals surface area contributed by atoms with Crippen LogP contribution in [0, 0.1) is 5.92 Å². The second-order valence-corrected chi connectivity index (χ2v) is 5.48. The van der Waals surface area contributed by atoms with Crippen molar-refractivity contribution in [1.82, 2.24) is 5.43 Å². The number of rotatable bonds is 5. The number of nitrogens with one attached hydrogen (secondary N) is 2. The van der Waals surface area contributed by atoms with Gasteiger partial charge in [0.25, 0.3) is 5.91 Å². The van der Waals surface area contributed by atoms with Crippen molar-refractivity contribution in [3.05, 3.63) is 59.7 Å². The summed E-state index contributed by atoms with van der Waals surface area (Å²) in [5.41, 5.74) is 3.93. The van der Waals surface area contributed by atoms with Crippen LogP contribution in [0.2, 0.25) is 0 Å². The van der Waals surface area contributed by atoms with Gasteiger partial charge in [-0.1, -0.05) is 26.0 Å². The lowest BCUT2D eigenvalue weighted by Crippen LogP contribution is -2.19. The van der Waals surface area contributed by atoms with Crippen LogP contribution in [-0.2, 0) is 4.79 Å². The molecular weight excluding hydrogens is 306 g/mol. The molecule has 124 valence electrons. The smallest absolute Gasteiger partial charge is 0.271 e. The number of phenols is 1. The first kappa shape index (κ1) is 17.2. The minimum Gasteiger partial charge on any atom is -0.507 e. The molecule has 2 rings (SSSR count). The fraction of sp³-hybridized carbons (Fsp3) is 0.167. The molecule has 6 nitrogen and oxygen atoms in total. The average Bonchev–Trinajstić information content (AvgIpc) is 2.57. The highest BCUT2D eigenvalue weighted by Crippen LogP contribution is 2.13. The molecular formula is C18H19N3O3. The van der Waals surface area contributed by atoms with Gasteiger partial charge in [-0.3, -0.25) is 9.59 Å². The molecule has 24 heavy (non-hydrogen) atoms. The van der Waals surface area contributed by atoms with Crippen LogP contribution >= 0.6 is 0 Å². The van der Waals surface area contributed by atoms with Gasteiger partial charge in [-0.05, 0) is 36.4 Å². The number of hydrogen-bond acceptors (Lipinski definition) is 4. The topological polar surface area (TPSA) is 90.8 Å². The number of nitrogens with zero attached hydrogens (tertiary/aromatic N) is 1. The van der Waals surface area contributed by atoms with Gasteiger partial charge in [0.15, 0.2) is 0 Å². The molecule has 6 heteroatoms. The van der Waals surface area contributed by atoms with Crippen LogP contribution in [-0.4, -0.2) is 23.1 Å². The fourth-order valence-corrected chi connectivity index (χ4v) is 1.81.